The molecular weight excluding hydrogens is 470 g/mol. The van der Waals surface area contributed by atoms with Gasteiger partial charge in [-0.15, -0.1) is 10.2 Å². The number of aromatic nitrogens is 2. The highest BCUT2D eigenvalue weighted by Crippen LogP contribution is 2.24. The molecule has 0 aliphatic carbocycles. The standard InChI is InChI=1S/C13H14N6O4S.C6H11NOS/c1-6(3-4-14)16-12-18-19-13(24-12)17-10(20)8-5-7(15)9(22-2)11(21)23-8;1-7-3-2-5(4-9)6(7)8/h3-5H,14-15H2,1-2H3,(H,17,19,20);5,9H,2-4H2,1H3/b4-3-,16-6+;. The molecule has 12 nitrogen and oxygen atoms in total. The van der Waals surface area contributed by atoms with Crippen LogP contribution < -0.4 is 27.1 Å². The highest BCUT2D eigenvalue weighted by Gasteiger charge is 2.27. The minimum atomic E-state index is -0.852. The number of aliphatic imine (C=N–C) groups is 1. The number of thiol groups is 1. The zero-order chi connectivity index (χ0) is 24.5. The van der Waals surface area contributed by atoms with Crippen LogP contribution in [0, 0.1) is 5.92 Å². The van der Waals surface area contributed by atoms with Crippen molar-refractivity contribution in [2.24, 2.45) is 16.6 Å². The maximum atomic E-state index is 12.1. The summed E-state index contributed by atoms with van der Waals surface area (Å²) in [5.74, 6) is 0.00163. The van der Waals surface area contributed by atoms with Crippen LogP contribution in [0.1, 0.15) is 23.9 Å². The number of likely N-dealkylation sites (tertiary alicyclic amines) is 1. The zero-order valence-corrected chi connectivity index (χ0v) is 20.0. The Morgan fingerprint density at radius 3 is 2.73 bits per heavy atom. The third-order valence-electron chi connectivity index (χ3n) is 4.37. The van der Waals surface area contributed by atoms with Crippen LogP contribution in [0.4, 0.5) is 16.0 Å². The molecule has 1 aliphatic rings. The Morgan fingerprint density at radius 2 is 2.21 bits per heavy atom. The Kier molecular flexibility index (Phi) is 9.42. The fourth-order valence-corrected chi connectivity index (χ4v) is 3.68. The summed E-state index contributed by atoms with van der Waals surface area (Å²) in [6.45, 7) is 2.64. The van der Waals surface area contributed by atoms with E-state index in [-0.39, 0.29) is 34.2 Å². The first kappa shape index (κ1) is 25.9. The minimum absolute atomic E-state index is 0.00866. The van der Waals surface area contributed by atoms with Gasteiger partial charge in [0.25, 0.3) is 5.91 Å². The normalized spacial score (nSPS) is 16.0. The van der Waals surface area contributed by atoms with Gasteiger partial charge in [-0.3, -0.25) is 14.9 Å². The van der Waals surface area contributed by atoms with Crippen molar-refractivity contribution in [3.63, 3.8) is 0 Å². The number of allylic oxidation sites excluding steroid dienone is 1. The molecule has 5 N–H and O–H groups in total. The molecule has 3 heterocycles. The number of carbonyl (C=O) groups is 2. The average molecular weight is 496 g/mol. The molecule has 1 atom stereocenters. The largest absolute Gasteiger partial charge is 0.488 e. The molecule has 178 valence electrons. The molecule has 0 spiro atoms. The first-order valence-corrected chi connectivity index (χ1v) is 11.1. The summed E-state index contributed by atoms with van der Waals surface area (Å²) in [6, 6.07) is 1.19. The molecule has 1 aliphatic heterocycles. The summed E-state index contributed by atoms with van der Waals surface area (Å²) in [5.41, 5.74) is 10.6. The summed E-state index contributed by atoms with van der Waals surface area (Å²) in [4.78, 5) is 40.6. The monoisotopic (exact) mass is 495 g/mol. The number of nitrogens with two attached hydrogens (primary N) is 2. The van der Waals surface area contributed by atoms with Crippen molar-refractivity contribution in [2.45, 2.75) is 13.3 Å². The summed E-state index contributed by atoms with van der Waals surface area (Å²) in [6.07, 6.45) is 3.92. The number of carbonyl (C=O) groups excluding carboxylic acids is 2. The van der Waals surface area contributed by atoms with Gasteiger partial charge in [-0.1, -0.05) is 11.3 Å². The predicted octanol–water partition coefficient (Wildman–Crippen LogP) is 1.29. The van der Waals surface area contributed by atoms with Crippen molar-refractivity contribution < 1.29 is 18.7 Å². The molecule has 1 fully saturated rings. The zero-order valence-electron chi connectivity index (χ0n) is 18.3. The Balaban J connectivity index is 0.000000357. The van der Waals surface area contributed by atoms with Crippen molar-refractivity contribution in [1.29, 1.82) is 0 Å². The minimum Gasteiger partial charge on any atom is -0.488 e. The van der Waals surface area contributed by atoms with Crippen LogP contribution in [-0.2, 0) is 4.79 Å². The Labute approximate surface area is 199 Å². The third-order valence-corrected chi connectivity index (χ3v) is 5.54. The lowest BCUT2D eigenvalue weighted by atomic mass is 10.1. The van der Waals surface area contributed by atoms with Crippen LogP contribution >= 0.6 is 24.0 Å². The lowest BCUT2D eigenvalue weighted by Crippen LogP contribution is -2.23. The number of ether oxygens (including phenoxy) is 1. The van der Waals surface area contributed by atoms with Gasteiger partial charge in [0.15, 0.2) is 5.76 Å². The summed E-state index contributed by atoms with van der Waals surface area (Å²) in [7, 11) is 3.11. The van der Waals surface area contributed by atoms with Gasteiger partial charge in [0.2, 0.25) is 21.9 Å². The van der Waals surface area contributed by atoms with Crippen LogP contribution in [0.25, 0.3) is 0 Å². The van der Waals surface area contributed by atoms with E-state index in [4.69, 9.17) is 20.6 Å². The summed E-state index contributed by atoms with van der Waals surface area (Å²) in [5, 5.41) is 10.5. The fraction of sp³-hybridized carbons (Fsp3) is 0.368. The van der Waals surface area contributed by atoms with Gasteiger partial charge >= 0.3 is 5.63 Å². The second-order valence-electron chi connectivity index (χ2n) is 6.77. The average Bonchev–Trinajstić information content (AvgIpc) is 3.34. The number of hydrogen-bond acceptors (Lipinski definition) is 12. The molecular formula is C19H25N7O5S2. The van der Waals surface area contributed by atoms with Gasteiger partial charge in [-0.25, -0.2) is 9.79 Å². The van der Waals surface area contributed by atoms with Crippen molar-refractivity contribution >= 4 is 57.4 Å². The Bertz CT molecular complexity index is 1110. The van der Waals surface area contributed by atoms with Crippen LogP contribution in [-0.4, -0.2) is 59.1 Å². The lowest BCUT2D eigenvalue weighted by molar-refractivity contribution is -0.129. The predicted molar refractivity (Wildman–Crippen MR) is 129 cm³/mol. The van der Waals surface area contributed by atoms with Crippen LogP contribution in [0.3, 0.4) is 0 Å². The highest BCUT2D eigenvalue weighted by molar-refractivity contribution is 7.80. The van der Waals surface area contributed by atoms with E-state index in [1.807, 2.05) is 7.05 Å². The Morgan fingerprint density at radius 1 is 1.48 bits per heavy atom. The van der Waals surface area contributed by atoms with E-state index < -0.39 is 11.5 Å². The topological polar surface area (TPSA) is 179 Å². The Hall–Kier alpha value is -3.39. The smallest absolute Gasteiger partial charge is 0.381 e. The number of amides is 2. The first-order valence-electron chi connectivity index (χ1n) is 9.62. The molecule has 1 unspecified atom stereocenters. The van der Waals surface area contributed by atoms with Gasteiger partial charge in [0.1, 0.15) is 0 Å². The van der Waals surface area contributed by atoms with E-state index in [0.717, 1.165) is 24.3 Å². The first-order chi connectivity index (χ1) is 15.7. The molecule has 33 heavy (non-hydrogen) atoms. The van der Waals surface area contributed by atoms with E-state index in [1.165, 1.54) is 19.4 Å². The molecule has 0 saturated carbocycles. The maximum absolute atomic E-state index is 12.1. The quantitative estimate of drug-likeness (QED) is 0.339. The second-order valence-corrected chi connectivity index (χ2v) is 8.09. The van der Waals surface area contributed by atoms with E-state index in [0.29, 0.717) is 16.6 Å². The maximum Gasteiger partial charge on any atom is 0.381 e. The summed E-state index contributed by atoms with van der Waals surface area (Å²) >= 11 is 5.10. The number of rotatable bonds is 6. The molecule has 3 rings (SSSR count). The van der Waals surface area contributed by atoms with Crippen molar-refractivity contribution in [2.75, 3.05) is 37.5 Å². The highest BCUT2D eigenvalue weighted by atomic mass is 32.1. The van der Waals surface area contributed by atoms with Crippen molar-refractivity contribution in [1.82, 2.24) is 15.1 Å². The number of hydrogen-bond donors (Lipinski definition) is 4. The number of nitrogens with one attached hydrogen (secondary N) is 1. The van der Waals surface area contributed by atoms with E-state index in [9.17, 15) is 14.4 Å². The SMILES string of the molecule is CN1CCC(CS)C1=O.COc1c(N)cc(C(=O)Nc2nnc(/N=C(C)/C=C\N)s2)oc1=O. The lowest BCUT2D eigenvalue weighted by Gasteiger charge is -2.06. The molecule has 1 saturated heterocycles. The molecule has 2 amide bonds. The van der Waals surface area contributed by atoms with Gasteiger partial charge in [0.05, 0.1) is 12.8 Å². The second kappa shape index (κ2) is 12.0. The van der Waals surface area contributed by atoms with Gasteiger partial charge in [0, 0.05) is 37.0 Å². The number of nitrogen functional groups attached to an aromatic ring is 1. The number of anilines is 2. The van der Waals surface area contributed by atoms with Crippen LogP contribution in [0.5, 0.6) is 5.75 Å². The van der Waals surface area contributed by atoms with Crippen molar-refractivity contribution in [3.8, 4) is 5.75 Å². The molecule has 2 aromatic rings. The van der Waals surface area contributed by atoms with Gasteiger partial charge < -0.3 is 25.5 Å². The van der Waals surface area contributed by atoms with E-state index in [2.05, 4.69) is 33.1 Å². The number of nitrogens with zero attached hydrogens (tertiary/aromatic N) is 4. The molecule has 14 heteroatoms. The van der Waals surface area contributed by atoms with Crippen LogP contribution in [0.15, 0.2) is 32.5 Å². The van der Waals surface area contributed by atoms with E-state index in [1.54, 1.807) is 17.9 Å². The summed E-state index contributed by atoms with van der Waals surface area (Å²) < 4.78 is 9.63. The third kappa shape index (κ3) is 7.05. The number of methoxy groups -OCH3 is 1. The molecule has 0 radical (unpaired) electrons. The van der Waals surface area contributed by atoms with Crippen molar-refractivity contribution in [3.05, 3.63) is 34.5 Å². The fourth-order valence-electron chi connectivity index (χ4n) is 2.67. The van der Waals surface area contributed by atoms with Gasteiger partial charge in [-0.05, 0) is 25.6 Å². The molecule has 0 aromatic carbocycles. The van der Waals surface area contributed by atoms with Gasteiger partial charge in [-0.2, -0.15) is 12.6 Å². The van der Waals surface area contributed by atoms with Crippen LogP contribution in [0.2, 0.25) is 0 Å². The molecule has 2 aromatic heterocycles. The molecule has 0 bridgehead atoms. The van der Waals surface area contributed by atoms with E-state index >= 15 is 0 Å².